The summed E-state index contributed by atoms with van der Waals surface area (Å²) in [4.78, 5) is 17.2. The normalized spacial score (nSPS) is 20.7. The third kappa shape index (κ3) is 3.78. The maximum absolute atomic E-state index is 12.3. The molecule has 0 aromatic heterocycles. The molecule has 1 aliphatic carbocycles. The molecule has 0 radical (unpaired) electrons. The molecule has 1 aliphatic heterocycles. The fraction of sp³-hybridized carbons (Fsp3) is 0.562. The third-order valence-corrected chi connectivity index (χ3v) is 5.20. The van der Waals surface area contributed by atoms with Crippen LogP contribution in [0.1, 0.15) is 29.6 Å². The molecule has 5 heteroatoms. The molecule has 1 aromatic rings. The molecular weight excluding hydrogens is 307 g/mol. The standard InChI is InChI=1S/C16H20Cl2N2O/c17-14-3-1-2-13(16(14)18)15(21)6-7-19-8-10-20(11-9-19)12-4-5-12/h1-3,12H,4-11H2. The van der Waals surface area contributed by atoms with Crippen LogP contribution in [0.3, 0.4) is 0 Å². The van der Waals surface area contributed by atoms with Gasteiger partial charge in [0.2, 0.25) is 0 Å². The minimum Gasteiger partial charge on any atom is -0.300 e. The summed E-state index contributed by atoms with van der Waals surface area (Å²) in [6.45, 7) is 5.20. The lowest BCUT2D eigenvalue weighted by Gasteiger charge is -2.34. The summed E-state index contributed by atoms with van der Waals surface area (Å²) in [6.07, 6.45) is 3.24. The van der Waals surface area contributed by atoms with Gasteiger partial charge in [0.05, 0.1) is 10.0 Å². The van der Waals surface area contributed by atoms with Crippen LogP contribution in [0.25, 0.3) is 0 Å². The summed E-state index contributed by atoms with van der Waals surface area (Å²) in [5, 5.41) is 0.822. The topological polar surface area (TPSA) is 23.6 Å². The second kappa shape index (κ2) is 6.66. The van der Waals surface area contributed by atoms with Gasteiger partial charge < -0.3 is 4.90 Å². The zero-order chi connectivity index (χ0) is 14.8. The van der Waals surface area contributed by atoms with Crippen LogP contribution in [0.4, 0.5) is 0 Å². The number of benzene rings is 1. The van der Waals surface area contributed by atoms with Crippen LogP contribution in [-0.4, -0.2) is 54.3 Å². The van der Waals surface area contributed by atoms with E-state index in [1.54, 1.807) is 18.2 Å². The summed E-state index contributed by atoms with van der Waals surface area (Å²) in [5.41, 5.74) is 0.542. The Morgan fingerprint density at radius 2 is 1.86 bits per heavy atom. The van der Waals surface area contributed by atoms with Crippen molar-refractivity contribution in [3.63, 3.8) is 0 Å². The van der Waals surface area contributed by atoms with E-state index in [2.05, 4.69) is 9.80 Å². The van der Waals surface area contributed by atoms with Crippen LogP contribution in [0.2, 0.25) is 10.0 Å². The van der Waals surface area contributed by atoms with Gasteiger partial charge in [-0.2, -0.15) is 0 Å². The van der Waals surface area contributed by atoms with Gasteiger partial charge in [0.1, 0.15) is 0 Å². The minimum atomic E-state index is 0.0760. The number of carbonyl (C=O) groups is 1. The molecule has 1 heterocycles. The molecule has 3 rings (SSSR count). The van der Waals surface area contributed by atoms with E-state index < -0.39 is 0 Å². The molecule has 1 saturated carbocycles. The average molecular weight is 327 g/mol. The van der Waals surface area contributed by atoms with Gasteiger partial charge in [0, 0.05) is 50.7 Å². The van der Waals surface area contributed by atoms with E-state index in [0.717, 1.165) is 38.8 Å². The van der Waals surface area contributed by atoms with E-state index in [1.165, 1.54) is 12.8 Å². The van der Waals surface area contributed by atoms with Crippen LogP contribution in [0, 0.1) is 0 Å². The Morgan fingerprint density at radius 1 is 1.14 bits per heavy atom. The number of carbonyl (C=O) groups excluding carboxylic acids is 1. The van der Waals surface area contributed by atoms with Gasteiger partial charge in [-0.15, -0.1) is 0 Å². The largest absolute Gasteiger partial charge is 0.300 e. The van der Waals surface area contributed by atoms with Crippen molar-refractivity contribution >= 4 is 29.0 Å². The first-order chi connectivity index (χ1) is 10.1. The van der Waals surface area contributed by atoms with Crippen LogP contribution in [0.15, 0.2) is 18.2 Å². The fourth-order valence-electron chi connectivity index (χ4n) is 2.91. The van der Waals surface area contributed by atoms with Crippen molar-refractivity contribution in [2.24, 2.45) is 0 Å². The Hall–Kier alpha value is -0.610. The van der Waals surface area contributed by atoms with Gasteiger partial charge in [0.15, 0.2) is 5.78 Å². The summed E-state index contributed by atoms with van der Waals surface area (Å²) in [5.74, 6) is 0.0760. The lowest BCUT2D eigenvalue weighted by atomic mass is 10.1. The van der Waals surface area contributed by atoms with Crippen LogP contribution >= 0.6 is 23.2 Å². The monoisotopic (exact) mass is 326 g/mol. The van der Waals surface area contributed by atoms with Gasteiger partial charge in [-0.1, -0.05) is 29.3 Å². The fourth-order valence-corrected chi connectivity index (χ4v) is 3.31. The number of halogens is 2. The molecule has 114 valence electrons. The molecule has 3 nitrogen and oxygen atoms in total. The van der Waals surface area contributed by atoms with Crippen molar-refractivity contribution in [1.29, 1.82) is 0 Å². The minimum absolute atomic E-state index is 0.0760. The molecule has 0 bridgehead atoms. The molecule has 0 unspecified atom stereocenters. The highest BCUT2D eigenvalue weighted by Gasteiger charge is 2.31. The quantitative estimate of drug-likeness (QED) is 0.775. The highest BCUT2D eigenvalue weighted by molar-refractivity contribution is 6.43. The first-order valence-corrected chi connectivity index (χ1v) is 8.34. The van der Waals surface area contributed by atoms with Crippen molar-refractivity contribution in [2.45, 2.75) is 25.3 Å². The lowest BCUT2D eigenvalue weighted by Crippen LogP contribution is -2.47. The number of ketones is 1. The van der Waals surface area contributed by atoms with Crippen LogP contribution in [0.5, 0.6) is 0 Å². The molecule has 2 aliphatic rings. The van der Waals surface area contributed by atoms with Gasteiger partial charge in [-0.3, -0.25) is 9.69 Å². The Kier molecular flexibility index (Phi) is 4.85. The van der Waals surface area contributed by atoms with Crippen molar-refractivity contribution in [1.82, 2.24) is 9.80 Å². The van der Waals surface area contributed by atoms with Crippen molar-refractivity contribution in [3.8, 4) is 0 Å². The SMILES string of the molecule is O=C(CCN1CCN(C2CC2)CC1)c1cccc(Cl)c1Cl. The molecule has 21 heavy (non-hydrogen) atoms. The van der Waals surface area contributed by atoms with Crippen LogP contribution in [-0.2, 0) is 0 Å². The predicted octanol–water partition coefficient (Wildman–Crippen LogP) is 3.35. The lowest BCUT2D eigenvalue weighted by molar-refractivity contribution is 0.0922. The van der Waals surface area contributed by atoms with Gasteiger partial charge >= 0.3 is 0 Å². The van der Waals surface area contributed by atoms with Crippen molar-refractivity contribution in [2.75, 3.05) is 32.7 Å². The third-order valence-electron chi connectivity index (χ3n) is 4.38. The molecule has 0 amide bonds. The zero-order valence-electron chi connectivity index (χ0n) is 12.0. The Bertz CT molecular complexity index is 523. The number of hydrogen-bond acceptors (Lipinski definition) is 3. The molecular formula is C16H20Cl2N2O. The molecule has 1 saturated heterocycles. The summed E-state index contributed by atoms with van der Waals surface area (Å²) in [6, 6.07) is 6.08. The maximum atomic E-state index is 12.3. The van der Waals surface area contributed by atoms with Gasteiger partial charge in [-0.25, -0.2) is 0 Å². The zero-order valence-corrected chi connectivity index (χ0v) is 13.5. The summed E-state index contributed by atoms with van der Waals surface area (Å²) in [7, 11) is 0. The second-order valence-electron chi connectivity index (χ2n) is 5.88. The van der Waals surface area contributed by atoms with Crippen molar-refractivity contribution < 1.29 is 4.79 Å². The number of nitrogens with zero attached hydrogens (tertiary/aromatic N) is 2. The van der Waals surface area contributed by atoms with E-state index in [-0.39, 0.29) is 5.78 Å². The van der Waals surface area contributed by atoms with Gasteiger partial charge in [0.25, 0.3) is 0 Å². The first kappa shape index (κ1) is 15.3. The number of hydrogen-bond donors (Lipinski definition) is 0. The highest BCUT2D eigenvalue weighted by atomic mass is 35.5. The Morgan fingerprint density at radius 3 is 2.52 bits per heavy atom. The van der Waals surface area contributed by atoms with E-state index in [0.29, 0.717) is 22.0 Å². The maximum Gasteiger partial charge on any atom is 0.165 e. The molecule has 0 spiro atoms. The second-order valence-corrected chi connectivity index (χ2v) is 6.67. The van der Waals surface area contributed by atoms with Gasteiger partial charge in [-0.05, 0) is 25.0 Å². The highest BCUT2D eigenvalue weighted by Crippen LogP contribution is 2.28. The molecule has 1 aromatic carbocycles. The Balaban J connectivity index is 1.48. The molecule has 2 fully saturated rings. The number of piperazine rings is 1. The molecule has 0 N–H and O–H groups in total. The summed E-state index contributed by atoms with van der Waals surface area (Å²) >= 11 is 12.1. The average Bonchev–Trinajstić information content (AvgIpc) is 3.33. The van der Waals surface area contributed by atoms with E-state index >= 15 is 0 Å². The predicted molar refractivity (Wildman–Crippen MR) is 86.4 cm³/mol. The number of Topliss-reactive ketones (excluding diaryl/α,β-unsaturated/α-hetero) is 1. The van der Waals surface area contributed by atoms with Crippen LogP contribution < -0.4 is 0 Å². The number of rotatable bonds is 5. The smallest absolute Gasteiger partial charge is 0.165 e. The molecule has 0 atom stereocenters. The van der Waals surface area contributed by atoms with Crippen molar-refractivity contribution in [3.05, 3.63) is 33.8 Å². The van der Waals surface area contributed by atoms with E-state index in [1.807, 2.05) is 0 Å². The van der Waals surface area contributed by atoms with E-state index in [4.69, 9.17) is 23.2 Å². The summed E-state index contributed by atoms with van der Waals surface area (Å²) < 4.78 is 0. The first-order valence-electron chi connectivity index (χ1n) is 7.59. The Labute approximate surface area is 135 Å². The van der Waals surface area contributed by atoms with E-state index in [9.17, 15) is 4.79 Å².